The molecule has 6 heteroatoms. The summed E-state index contributed by atoms with van der Waals surface area (Å²) in [4.78, 5) is 26.3. The molecule has 114 valence electrons. The summed E-state index contributed by atoms with van der Waals surface area (Å²) >= 11 is 0. The lowest BCUT2D eigenvalue weighted by Crippen LogP contribution is -2.66. The van der Waals surface area contributed by atoms with Crippen LogP contribution in [0.15, 0.2) is 0 Å². The van der Waals surface area contributed by atoms with Crippen molar-refractivity contribution >= 4 is 11.8 Å². The Morgan fingerprint density at radius 2 is 2.20 bits per heavy atom. The van der Waals surface area contributed by atoms with Crippen molar-refractivity contribution in [2.24, 2.45) is 5.92 Å². The summed E-state index contributed by atoms with van der Waals surface area (Å²) in [5.41, 5.74) is -0.483. The fourth-order valence-corrected chi connectivity index (χ4v) is 2.76. The lowest BCUT2D eigenvalue weighted by molar-refractivity contribution is -0.154. The van der Waals surface area contributed by atoms with Crippen LogP contribution in [0.1, 0.15) is 27.2 Å². The Bertz CT molecular complexity index is 391. The van der Waals surface area contributed by atoms with E-state index in [4.69, 9.17) is 9.47 Å². The number of nitrogens with one attached hydrogen (secondary N) is 1. The smallest absolute Gasteiger partial charge is 0.246 e. The van der Waals surface area contributed by atoms with Crippen molar-refractivity contribution in [2.45, 2.75) is 44.9 Å². The van der Waals surface area contributed by atoms with Crippen LogP contribution >= 0.6 is 0 Å². The van der Waals surface area contributed by atoms with Gasteiger partial charge in [0.05, 0.1) is 13.2 Å². The van der Waals surface area contributed by atoms with E-state index >= 15 is 0 Å². The molecule has 2 aliphatic heterocycles. The molecular formula is C14H24N2O4. The van der Waals surface area contributed by atoms with Gasteiger partial charge in [-0.05, 0) is 12.8 Å². The highest BCUT2D eigenvalue weighted by atomic mass is 16.5. The molecule has 2 heterocycles. The normalized spacial score (nSPS) is 34.8. The van der Waals surface area contributed by atoms with Gasteiger partial charge in [-0.2, -0.15) is 0 Å². The number of hydrogen-bond acceptors (Lipinski definition) is 4. The number of methoxy groups -OCH3 is 1. The summed E-state index contributed by atoms with van der Waals surface area (Å²) in [7, 11) is 1.63. The first kappa shape index (κ1) is 15.3. The largest absolute Gasteiger partial charge is 0.378 e. The fraction of sp³-hybridized carbons (Fsp3) is 0.857. The Hall–Kier alpha value is -1.14. The molecule has 0 aromatic rings. The average molecular weight is 284 g/mol. The van der Waals surface area contributed by atoms with Gasteiger partial charge in [-0.3, -0.25) is 9.59 Å². The number of nitrogens with zero attached hydrogens (tertiary/aromatic N) is 1. The second-order valence-corrected chi connectivity index (χ2v) is 6.06. The molecule has 6 nitrogen and oxygen atoms in total. The highest BCUT2D eigenvalue weighted by Crippen LogP contribution is 2.26. The van der Waals surface area contributed by atoms with Crippen molar-refractivity contribution in [1.82, 2.24) is 10.2 Å². The monoisotopic (exact) mass is 284 g/mol. The Labute approximate surface area is 119 Å². The number of hydrogen-bond donors (Lipinski definition) is 1. The van der Waals surface area contributed by atoms with E-state index in [2.05, 4.69) is 5.32 Å². The molecule has 1 N–H and O–H groups in total. The predicted molar refractivity (Wildman–Crippen MR) is 73.1 cm³/mol. The standard InChI is InChI=1S/C14H24N2O4/c1-9(2)11-13(18)16(10(3)12(17)15-11)7-14(19-4)5-6-20-8-14/h9-11H,5-8H2,1-4H3,(H,15,17). The molecule has 2 rings (SSSR count). The fourth-order valence-electron chi connectivity index (χ4n) is 2.76. The van der Waals surface area contributed by atoms with Crippen LogP contribution < -0.4 is 5.32 Å². The maximum atomic E-state index is 12.6. The van der Waals surface area contributed by atoms with Gasteiger partial charge < -0.3 is 19.7 Å². The van der Waals surface area contributed by atoms with Crippen LogP contribution in [0.3, 0.4) is 0 Å². The van der Waals surface area contributed by atoms with E-state index in [1.165, 1.54) is 0 Å². The summed E-state index contributed by atoms with van der Waals surface area (Å²) < 4.78 is 11.0. The second kappa shape index (κ2) is 5.69. The molecule has 2 fully saturated rings. The van der Waals surface area contributed by atoms with Gasteiger partial charge in [0.15, 0.2) is 0 Å². The van der Waals surface area contributed by atoms with E-state index in [-0.39, 0.29) is 17.7 Å². The number of amides is 2. The van der Waals surface area contributed by atoms with Crippen LogP contribution in [0.5, 0.6) is 0 Å². The molecule has 0 radical (unpaired) electrons. The summed E-state index contributed by atoms with van der Waals surface area (Å²) in [6.45, 7) is 7.12. The third kappa shape index (κ3) is 2.67. The first-order chi connectivity index (χ1) is 9.40. The molecule has 2 saturated heterocycles. The molecule has 2 aliphatic rings. The van der Waals surface area contributed by atoms with E-state index in [0.29, 0.717) is 19.8 Å². The Morgan fingerprint density at radius 3 is 2.70 bits per heavy atom. The predicted octanol–water partition coefficient (Wildman–Crippen LogP) is 0.163. The molecule has 0 bridgehead atoms. The van der Waals surface area contributed by atoms with Crippen LogP contribution in [0, 0.1) is 5.92 Å². The van der Waals surface area contributed by atoms with Crippen molar-refractivity contribution in [2.75, 3.05) is 26.9 Å². The zero-order valence-corrected chi connectivity index (χ0v) is 12.6. The van der Waals surface area contributed by atoms with Gasteiger partial charge in [0, 0.05) is 20.1 Å². The third-order valence-electron chi connectivity index (χ3n) is 4.32. The summed E-state index contributed by atoms with van der Waals surface area (Å²) in [6, 6.07) is -0.917. The van der Waals surface area contributed by atoms with E-state index in [1.54, 1.807) is 18.9 Å². The van der Waals surface area contributed by atoms with Crippen molar-refractivity contribution in [3.05, 3.63) is 0 Å². The first-order valence-electron chi connectivity index (χ1n) is 7.14. The molecule has 2 amide bonds. The van der Waals surface area contributed by atoms with Crippen molar-refractivity contribution in [1.29, 1.82) is 0 Å². The van der Waals surface area contributed by atoms with E-state index in [9.17, 15) is 9.59 Å². The van der Waals surface area contributed by atoms with Gasteiger partial charge in [0.25, 0.3) is 0 Å². The quantitative estimate of drug-likeness (QED) is 0.799. The molecule has 0 aromatic carbocycles. The minimum atomic E-state index is -0.483. The van der Waals surface area contributed by atoms with Crippen LogP contribution in [0.25, 0.3) is 0 Å². The topological polar surface area (TPSA) is 67.9 Å². The number of carbonyl (C=O) groups excluding carboxylic acids is 2. The molecule has 3 atom stereocenters. The maximum Gasteiger partial charge on any atom is 0.246 e. The SMILES string of the molecule is COC1(CN2C(=O)C(C(C)C)NC(=O)C2C)CCOC1. The second-order valence-electron chi connectivity index (χ2n) is 6.06. The molecule has 0 aromatic heterocycles. The number of carbonyl (C=O) groups is 2. The maximum absolute atomic E-state index is 12.6. The van der Waals surface area contributed by atoms with Crippen molar-refractivity contribution in [3.8, 4) is 0 Å². The minimum absolute atomic E-state index is 0.0320. The van der Waals surface area contributed by atoms with E-state index in [0.717, 1.165) is 6.42 Å². The summed E-state index contributed by atoms with van der Waals surface area (Å²) in [6.07, 6.45) is 0.744. The van der Waals surface area contributed by atoms with Gasteiger partial charge in [0.2, 0.25) is 11.8 Å². The molecule has 3 unspecified atom stereocenters. The van der Waals surface area contributed by atoms with Gasteiger partial charge >= 0.3 is 0 Å². The number of ether oxygens (including phenoxy) is 2. The number of piperazine rings is 1. The molecular weight excluding hydrogens is 260 g/mol. The van der Waals surface area contributed by atoms with Crippen LogP contribution in [0.2, 0.25) is 0 Å². The molecule has 20 heavy (non-hydrogen) atoms. The first-order valence-corrected chi connectivity index (χ1v) is 7.14. The van der Waals surface area contributed by atoms with Gasteiger partial charge in [-0.15, -0.1) is 0 Å². The van der Waals surface area contributed by atoms with Crippen LogP contribution in [0.4, 0.5) is 0 Å². The highest BCUT2D eigenvalue weighted by molar-refractivity contribution is 5.96. The van der Waals surface area contributed by atoms with E-state index < -0.39 is 17.7 Å². The highest BCUT2D eigenvalue weighted by Gasteiger charge is 2.45. The Balaban J connectivity index is 2.18. The Kier molecular flexibility index (Phi) is 4.34. The van der Waals surface area contributed by atoms with Gasteiger partial charge in [-0.25, -0.2) is 0 Å². The Morgan fingerprint density at radius 1 is 1.50 bits per heavy atom. The molecule has 0 saturated carbocycles. The third-order valence-corrected chi connectivity index (χ3v) is 4.32. The number of rotatable bonds is 4. The minimum Gasteiger partial charge on any atom is -0.378 e. The molecule has 0 spiro atoms. The average Bonchev–Trinajstić information content (AvgIpc) is 2.88. The zero-order valence-electron chi connectivity index (χ0n) is 12.6. The van der Waals surface area contributed by atoms with E-state index in [1.807, 2.05) is 13.8 Å². The summed E-state index contributed by atoms with van der Waals surface area (Å²) in [5, 5.41) is 2.80. The van der Waals surface area contributed by atoms with Gasteiger partial charge in [0.1, 0.15) is 17.7 Å². The summed E-state index contributed by atoms with van der Waals surface area (Å²) in [5.74, 6) is -0.0660. The lowest BCUT2D eigenvalue weighted by Gasteiger charge is -2.42. The zero-order chi connectivity index (χ0) is 14.9. The molecule has 0 aliphatic carbocycles. The van der Waals surface area contributed by atoms with Crippen LogP contribution in [-0.4, -0.2) is 61.3 Å². The van der Waals surface area contributed by atoms with Crippen molar-refractivity contribution in [3.63, 3.8) is 0 Å². The van der Waals surface area contributed by atoms with Crippen LogP contribution in [-0.2, 0) is 19.1 Å². The lowest BCUT2D eigenvalue weighted by atomic mass is 9.95. The van der Waals surface area contributed by atoms with Gasteiger partial charge in [-0.1, -0.05) is 13.8 Å². The van der Waals surface area contributed by atoms with Crippen molar-refractivity contribution < 1.29 is 19.1 Å².